The van der Waals surface area contributed by atoms with Gasteiger partial charge in [-0.25, -0.2) is 0 Å². The van der Waals surface area contributed by atoms with Crippen LogP contribution in [0.25, 0.3) is 98.8 Å². The Hall–Kier alpha value is -6.44. The van der Waals surface area contributed by atoms with Crippen molar-refractivity contribution in [1.82, 2.24) is 0 Å². The van der Waals surface area contributed by atoms with E-state index in [0.29, 0.717) is 0 Å². The summed E-state index contributed by atoms with van der Waals surface area (Å²) in [5.41, 5.74) is -7.89. The molecule has 228 valence electrons. The molecule has 0 N–H and O–H groups in total. The van der Waals surface area contributed by atoms with Gasteiger partial charge in [-0.15, -0.1) is 0 Å². The predicted octanol–water partition coefficient (Wildman–Crippen LogP) is 13.7. The average Bonchev–Trinajstić information content (AvgIpc) is 4.02. The third-order valence-electron chi connectivity index (χ3n) is 7.94. The lowest BCUT2D eigenvalue weighted by Crippen LogP contribution is -1.91. The van der Waals surface area contributed by atoms with Crippen LogP contribution in [0.4, 0.5) is 0 Å². The fraction of sp³-hybridized carbons (Fsp3) is 0. The first-order valence-corrected chi connectivity index (χ1v) is 14.4. The molecule has 0 saturated carbocycles. The van der Waals surface area contributed by atoms with Crippen LogP contribution in [0, 0.1) is 0 Å². The molecule has 0 fully saturated rings. The minimum Gasteiger partial charge on any atom is -0.455 e. The maximum atomic E-state index is 9.90. The van der Waals surface area contributed by atoms with Gasteiger partial charge in [0.2, 0.25) is 0 Å². The van der Waals surface area contributed by atoms with Gasteiger partial charge in [0.05, 0.1) is 41.1 Å². The van der Waals surface area contributed by atoms with Gasteiger partial charge in [-0.2, -0.15) is 0 Å². The zero-order valence-corrected chi connectivity index (χ0v) is 24.4. The fourth-order valence-electron chi connectivity index (χ4n) is 5.94. The predicted molar refractivity (Wildman–Crippen MR) is 208 cm³/mol. The highest BCUT2D eigenvalue weighted by atomic mass is 16.3. The number of hydrogen-bond donors (Lipinski definition) is 0. The molecular weight excluding hydrogens is 593 g/mol. The van der Waals surface area contributed by atoms with Crippen LogP contribution in [-0.4, -0.2) is 0 Å². The van der Waals surface area contributed by atoms with E-state index >= 15 is 0 Å². The Morgan fingerprint density at radius 1 is 0.347 bits per heavy atom. The summed E-state index contributed by atoms with van der Waals surface area (Å²) in [6.45, 7) is 0. The number of hydrogen-bond acceptors (Lipinski definition) is 1. The van der Waals surface area contributed by atoms with E-state index in [1.54, 1.807) is 0 Å². The molecule has 0 aliphatic heterocycles. The summed E-state index contributed by atoms with van der Waals surface area (Å²) in [5.74, 6) is 0. The number of benzene rings is 9. The smallest absolute Gasteiger partial charge is 0.143 e. The standard InChI is InChI=1S/C48H30O/c1-2-14-32(15-3-1)37-26-13-29-44-47(37)43-28-12-27-42(48(43)49-44)46-40-23-8-6-21-38(40)45(39-22-7-9-24-41(39)46)34-19-10-18-33(30-34)36-25-11-17-31-16-4-5-20-35(31)36/h1-30H/i1D,2D,3D,4D,5D,6D,7D,8D,9D,10D,11D,12D,13D,14D,15D,16D,17D,18D,19D,20D,21D,22D,23D,24D,25D,26D,27D,28D,29D,30D. The van der Waals surface area contributed by atoms with Crippen LogP contribution in [0.3, 0.4) is 0 Å². The summed E-state index contributed by atoms with van der Waals surface area (Å²) < 4.78 is 277. The highest BCUT2D eigenvalue weighted by Crippen LogP contribution is 2.47. The monoisotopic (exact) mass is 652 g/mol. The van der Waals surface area contributed by atoms with Crippen LogP contribution in [0.2, 0.25) is 0 Å². The minimum atomic E-state index is -1.12. The largest absolute Gasteiger partial charge is 0.455 e. The van der Waals surface area contributed by atoms with Crippen molar-refractivity contribution in [3.05, 3.63) is 181 Å². The van der Waals surface area contributed by atoms with Gasteiger partial charge in [-0.05, 0) is 77.8 Å². The van der Waals surface area contributed by atoms with E-state index in [9.17, 15) is 15.1 Å². The van der Waals surface area contributed by atoms with Gasteiger partial charge in [-0.3, -0.25) is 0 Å². The van der Waals surface area contributed by atoms with Crippen LogP contribution in [0.5, 0.6) is 0 Å². The summed E-state index contributed by atoms with van der Waals surface area (Å²) in [6, 6.07) is -29.5. The fourth-order valence-corrected chi connectivity index (χ4v) is 5.94. The molecule has 0 radical (unpaired) electrons. The Labute approximate surface area is 326 Å². The molecule has 0 bridgehead atoms. The molecule has 1 nitrogen and oxygen atoms in total. The molecule has 0 unspecified atom stereocenters. The van der Waals surface area contributed by atoms with E-state index in [0.717, 1.165) is 0 Å². The van der Waals surface area contributed by atoms with E-state index < -0.39 is 280 Å². The molecule has 1 heteroatoms. The highest BCUT2D eigenvalue weighted by Gasteiger charge is 2.21. The van der Waals surface area contributed by atoms with Crippen molar-refractivity contribution in [1.29, 1.82) is 0 Å². The molecule has 10 aromatic rings. The van der Waals surface area contributed by atoms with Gasteiger partial charge in [0.15, 0.2) is 0 Å². The zero-order chi connectivity index (χ0) is 58.4. The van der Waals surface area contributed by atoms with E-state index in [-0.39, 0.29) is 0 Å². The molecular formula is C48H30O. The molecule has 0 amide bonds. The summed E-state index contributed by atoms with van der Waals surface area (Å²) >= 11 is 0. The van der Waals surface area contributed by atoms with Gasteiger partial charge in [0, 0.05) is 21.9 Å². The van der Waals surface area contributed by atoms with Crippen molar-refractivity contribution in [2.45, 2.75) is 0 Å². The van der Waals surface area contributed by atoms with Crippen LogP contribution in [0.1, 0.15) is 41.1 Å². The van der Waals surface area contributed by atoms with Gasteiger partial charge in [0.25, 0.3) is 0 Å². The first-order chi connectivity index (χ1) is 36.8. The molecule has 0 saturated heterocycles. The second-order valence-electron chi connectivity index (χ2n) is 10.5. The van der Waals surface area contributed by atoms with Crippen molar-refractivity contribution in [2.24, 2.45) is 0 Å². The summed E-state index contributed by atoms with van der Waals surface area (Å²) in [5, 5.41) is -5.77. The lowest BCUT2D eigenvalue weighted by Gasteiger charge is -2.18. The molecule has 0 aliphatic rings. The quantitative estimate of drug-likeness (QED) is 0.172. The Bertz CT molecular complexity index is 4480. The molecule has 0 atom stereocenters. The van der Waals surface area contributed by atoms with Crippen LogP contribution >= 0.6 is 0 Å². The highest BCUT2D eigenvalue weighted by molar-refractivity contribution is 6.25. The second kappa shape index (κ2) is 11.1. The average molecular weight is 653 g/mol. The van der Waals surface area contributed by atoms with Gasteiger partial charge >= 0.3 is 0 Å². The summed E-state index contributed by atoms with van der Waals surface area (Å²) in [6.07, 6.45) is 0. The van der Waals surface area contributed by atoms with Crippen molar-refractivity contribution in [3.8, 4) is 44.5 Å². The van der Waals surface area contributed by atoms with E-state index in [1.165, 1.54) is 0 Å². The Kier molecular flexibility index (Phi) is 2.50. The molecule has 49 heavy (non-hydrogen) atoms. The maximum absolute atomic E-state index is 9.90. The van der Waals surface area contributed by atoms with Gasteiger partial charge in [-0.1, -0.05) is 169 Å². The van der Waals surface area contributed by atoms with E-state index in [1.807, 2.05) is 0 Å². The molecule has 9 aromatic carbocycles. The molecule has 1 aromatic heterocycles. The lowest BCUT2D eigenvalue weighted by atomic mass is 9.85. The molecule has 0 aliphatic carbocycles. The summed E-state index contributed by atoms with van der Waals surface area (Å²) in [4.78, 5) is 0. The number of para-hydroxylation sites is 1. The van der Waals surface area contributed by atoms with Crippen LogP contribution in [-0.2, 0) is 0 Å². The minimum absolute atomic E-state index is 0.572. The lowest BCUT2D eigenvalue weighted by molar-refractivity contribution is 0.670. The van der Waals surface area contributed by atoms with Crippen molar-refractivity contribution < 1.29 is 45.5 Å². The normalized spacial score (nSPS) is 20.2. The van der Waals surface area contributed by atoms with Crippen molar-refractivity contribution in [2.75, 3.05) is 0 Å². The molecule has 0 spiro atoms. The van der Waals surface area contributed by atoms with Crippen LogP contribution in [0.15, 0.2) is 186 Å². The third kappa shape index (κ3) is 4.33. The number of rotatable bonds is 4. The van der Waals surface area contributed by atoms with E-state index in [2.05, 4.69) is 0 Å². The Morgan fingerprint density at radius 2 is 0.857 bits per heavy atom. The maximum Gasteiger partial charge on any atom is 0.143 e. The number of furan rings is 1. The third-order valence-corrected chi connectivity index (χ3v) is 7.94. The van der Waals surface area contributed by atoms with Gasteiger partial charge in [0.1, 0.15) is 11.2 Å². The zero-order valence-electron chi connectivity index (χ0n) is 54.4. The second-order valence-corrected chi connectivity index (χ2v) is 10.5. The van der Waals surface area contributed by atoms with Gasteiger partial charge < -0.3 is 4.42 Å². The SMILES string of the molecule is [2H]c1c([2H])c([2H])c(-c2c([2H])c([2H])c([2H])c3oc4c(-c5c6c([2H])c([2H])c([2H])c([2H])c6c(-c6c([2H])c([2H])c([2H])c(-c7c([2H])c([2H])c([2H])c8c([2H])c([2H])c([2H])c([2H])c78)c6[2H])c6c([2H])c([2H])c([2H])c([2H])c56)c([2H])c([2H])c([2H])c4c23)c([2H])c1[2H]. The first-order valence-electron chi connectivity index (χ1n) is 29.4. The van der Waals surface area contributed by atoms with E-state index in [4.69, 9.17) is 30.5 Å². The summed E-state index contributed by atoms with van der Waals surface area (Å²) in [7, 11) is 0. The molecule has 1 heterocycles. The van der Waals surface area contributed by atoms with Crippen LogP contribution < -0.4 is 0 Å². The Balaban J connectivity index is 1.52. The topological polar surface area (TPSA) is 13.1 Å². The number of fused-ring (bicyclic) bond motifs is 6. The first kappa shape index (κ1) is 11.1. The van der Waals surface area contributed by atoms with Crippen molar-refractivity contribution in [3.63, 3.8) is 0 Å². The molecule has 10 rings (SSSR count). The van der Waals surface area contributed by atoms with Crippen molar-refractivity contribution >= 4 is 54.3 Å². The Morgan fingerprint density at radius 3 is 1.63 bits per heavy atom.